The number of benzene rings is 3. The molecule has 1 heterocycles. The molecule has 5 nitrogen and oxygen atoms in total. The number of nitrogens with zero attached hydrogens (tertiary/aromatic N) is 1. The molecule has 0 bridgehead atoms. The van der Waals surface area contributed by atoms with Crippen molar-refractivity contribution in [2.24, 2.45) is 0 Å². The number of carboxylic acids is 1. The summed E-state index contributed by atoms with van der Waals surface area (Å²) in [5, 5.41) is 15.1. The topological polar surface area (TPSA) is 79.3 Å². The molecule has 28 heavy (non-hydrogen) atoms. The van der Waals surface area contributed by atoms with Crippen LogP contribution in [0.15, 0.2) is 79.0 Å². The molecule has 1 atom stereocenters. The zero-order valence-corrected chi connectivity index (χ0v) is 15.0. The van der Waals surface area contributed by atoms with Gasteiger partial charge in [0.1, 0.15) is 6.04 Å². The molecule has 0 aliphatic rings. The number of carbonyl (C=O) groups is 2. The van der Waals surface area contributed by atoms with E-state index in [2.05, 4.69) is 10.3 Å². The first-order chi connectivity index (χ1) is 13.6. The van der Waals surface area contributed by atoms with Gasteiger partial charge in [0.15, 0.2) is 0 Å². The predicted octanol–water partition coefficient (Wildman–Crippen LogP) is 3.81. The minimum atomic E-state index is -1.07. The number of carboxylic acid groups (broad SMARTS) is 1. The van der Waals surface area contributed by atoms with Crippen LogP contribution in [0, 0.1) is 0 Å². The van der Waals surface area contributed by atoms with Gasteiger partial charge in [-0.05, 0) is 28.5 Å². The second-order valence-corrected chi connectivity index (χ2v) is 6.58. The zero-order valence-electron chi connectivity index (χ0n) is 15.0. The highest BCUT2D eigenvalue weighted by Gasteiger charge is 2.23. The van der Waals surface area contributed by atoms with E-state index in [1.807, 2.05) is 60.7 Å². The molecule has 3 aromatic carbocycles. The van der Waals surface area contributed by atoms with Gasteiger partial charge in [0.05, 0.1) is 11.1 Å². The second kappa shape index (κ2) is 7.48. The van der Waals surface area contributed by atoms with Crippen molar-refractivity contribution in [3.63, 3.8) is 0 Å². The lowest BCUT2D eigenvalue weighted by Gasteiger charge is -2.16. The Morgan fingerprint density at radius 3 is 2.43 bits per heavy atom. The highest BCUT2D eigenvalue weighted by Crippen LogP contribution is 2.21. The Kier molecular flexibility index (Phi) is 4.72. The minimum absolute atomic E-state index is 0.200. The van der Waals surface area contributed by atoms with Gasteiger partial charge in [-0.25, -0.2) is 4.79 Å². The van der Waals surface area contributed by atoms with Crippen molar-refractivity contribution < 1.29 is 14.7 Å². The third-order valence-electron chi connectivity index (χ3n) is 4.80. The van der Waals surface area contributed by atoms with Crippen LogP contribution in [-0.4, -0.2) is 28.0 Å². The van der Waals surface area contributed by atoms with Gasteiger partial charge in [0, 0.05) is 18.0 Å². The van der Waals surface area contributed by atoms with Crippen LogP contribution in [0.25, 0.3) is 21.7 Å². The van der Waals surface area contributed by atoms with Gasteiger partial charge in [-0.2, -0.15) is 0 Å². The second-order valence-electron chi connectivity index (χ2n) is 6.58. The van der Waals surface area contributed by atoms with Crippen molar-refractivity contribution in [3.05, 3.63) is 90.1 Å². The third kappa shape index (κ3) is 3.42. The summed E-state index contributed by atoms with van der Waals surface area (Å²) in [7, 11) is 0. The molecule has 0 aliphatic heterocycles. The maximum absolute atomic E-state index is 12.8. The molecule has 0 spiro atoms. The molecule has 1 aromatic heterocycles. The summed E-state index contributed by atoms with van der Waals surface area (Å²) >= 11 is 0. The molecule has 4 aromatic rings. The highest BCUT2D eigenvalue weighted by atomic mass is 16.4. The Bertz CT molecular complexity index is 1180. The molecular weight excluding hydrogens is 352 g/mol. The van der Waals surface area contributed by atoms with E-state index >= 15 is 0 Å². The molecule has 0 aliphatic carbocycles. The molecule has 0 saturated heterocycles. The van der Waals surface area contributed by atoms with Crippen molar-refractivity contribution in [1.29, 1.82) is 0 Å². The van der Waals surface area contributed by atoms with Crippen LogP contribution < -0.4 is 5.32 Å². The number of fused-ring (bicyclic) bond motifs is 2. The lowest BCUT2D eigenvalue weighted by atomic mass is 9.98. The first-order valence-corrected chi connectivity index (χ1v) is 8.97. The molecule has 2 N–H and O–H groups in total. The summed E-state index contributed by atoms with van der Waals surface area (Å²) in [6.07, 6.45) is 1.75. The van der Waals surface area contributed by atoms with Crippen LogP contribution in [0.2, 0.25) is 0 Å². The van der Waals surface area contributed by atoms with E-state index in [9.17, 15) is 14.7 Å². The number of hydrogen-bond donors (Lipinski definition) is 2. The van der Waals surface area contributed by atoms with Crippen LogP contribution in [0.3, 0.4) is 0 Å². The summed E-state index contributed by atoms with van der Waals surface area (Å²) in [6.45, 7) is 0. The Labute approximate surface area is 161 Å². The lowest BCUT2D eigenvalue weighted by molar-refractivity contribution is -0.139. The van der Waals surface area contributed by atoms with Gasteiger partial charge >= 0.3 is 5.97 Å². The van der Waals surface area contributed by atoms with E-state index in [0.717, 1.165) is 16.3 Å². The van der Waals surface area contributed by atoms with Gasteiger partial charge in [0.2, 0.25) is 0 Å². The maximum Gasteiger partial charge on any atom is 0.326 e. The standard InChI is InChI=1S/C23H18N2O3/c26-22(19-12-13-24-20-11-4-3-10-18(19)20)25-21(23(27)28)14-16-8-5-7-15-6-1-2-9-17(15)16/h1-13,21H,14H2,(H,25,26)(H,27,28)/t21-/m0/s1. The first kappa shape index (κ1) is 17.7. The lowest BCUT2D eigenvalue weighted by Crippen LogP contribution is -2.42. The largest absolute Gasteiger partial charge is 0.480 e. The fourth-order valence-electron chi connectivity index (χ4n) is 3.42. The number of rotatable bonds is 5. The average molecular weight is 370 g/mol. The van der Waals surface area contributed by atoms with Crippen LogP contribution >= 0.6 is 0 Å². The fourth-order valence-corrected chi connectivity index (χ4v) is 3.42. The molecule has 1 amide bonds. The Balaban J connectivity index is 1.63. The molecule has 4 rings (SSSR count). The van der Waals surface area contributed by atoms with Gasteiger partial charge in [-0.15, -0.1) is 0 Å². The van der Waals surface area contributed by atoms with Gasteiger partial charge in [0.25, 0.3) is 5.91 Å². The summed E-state index contributed by atoms with van der Waals surface area (Å²) < 4.78 is 0. The average Bonchev–Trinajstić information content (AvgIpc) is 2.73. The Hall–Kier alpha value is -3.73. The number of nitrogens with one attached hydrogen (secondary N) is 1. The van der Waals surface area contributed by atoms with Crippen molar-refractivity contribution >= 4 is 33.6 Å². The molecular formula is C23H18N2O3. The number of hydrogen-bond acceptors (Lipinski definition) is 3. The van der Waals surface area contributed by atoms with Crippen molar-refractivity contribution in [2.45, 2.75) is 12.5 Å². The Morgan fingerprint density at radius 1 is 0.893 bits per heavy atom. The minimum Gasteiger partial charge on any atom is -0.480 e. The molecule has 0 unspecified atom stereocenters. The molecule has 0 fully saturated rings. The van der Waals surface area contributed by atoms with E-state index in [1.165, 1.54) is 0 Å². The smallest absolute Gasteiger partial charge is 0.326 e. The number of carbonyl (C=O) groups excluding carboxylic acids is 1. The summed E-state index contributed by atoms with van der Waals surface area (Å²) in [4.78, 5) is 28.9. The molecule has 5 heteroatoms. The SMILES string of the molecule is O=C(N[C@@H](Cc1cccc2ccccc12)C(=O)O)c1ccnc2ccccc12. The van der Waals surface area contributed by atoms with Gasteiger partial charge in [-0.3, -0.25) is 9.78 Å². The van der Waals surface area contributed by atoms with Crippen LogP contribution in [-0.2, 0) is 11.2 Å². The monoisotopic (exact) mass is 370 g/mol. The van der Waals surface area contributed by atoms with Gasteiger partial charge < -0.3 is 10.4 Å². The quantitative estimate of drug-likeness (QED) is 0.560. The van der Waals surface area contributed by atoms with E-state index in [1.54, 1.807) is 18.3 Å². The van der Waals surface area contributed by atoms with Crippen LogP contribution in [0.1, 0.15) is 15.9 Å². The maximum atomic E-state index is 12.8. The molecule has 0 saturated carbocycles. The van der Waals surface area contributed by atoms with E-state index in [-0.39, 0.29) is 6.42 Å². The summed E-state index contributed by atoms with van der Waals surface area (Å²) in [5.41, 5.74) is 1.98. The Morgan fingerprint density at radius 2 is 1.61 bits per heavy atom. The van der Waals surface area contributed by atoms with Gasteiger partial charge in [-0.1, -0.05) is 60.7 Å². The summed E-state index contributed by atoms with van der Waals surface area (Å²) in [5.74, 6) is -1.49. The number of aromatic nitrogens is 1. The van der Waals surface area contributed by atoms with E-state index < -0.39 is 17.9 Å². The number of pyridine rings is 1. The van der Waals surface area contributed by atoms with Crippen molar-refractivity contribution in [2.75, 3.05) is 0 Å². The molecule has 0 radical (unpaired) electrons. The first-order valence-electron chi connectivity index (χ1n) is 8.97. The van der Waals surface area contributed by atoms with E-state index in [0.29, 0.717) is 16.5 Å². The van der Waals surface area contributed by atoms with Crippen LogP contribution in [0.4, 0.5) is 0 Å². The zero-order chi connectivity index (χ0) is 19.5. The fraction of sp³-hybridized carbons (Fsp3) is 0.0870. The summed E-state index contributed by atoms with van der Waals surface area (Å²) in [6, 6.07) is 21.4. The normalized spacial score (nSPS) is 12.0. The molecule has 138 valence electrons. The number of aliphatic carboxylic acids is 1. The highest BCUT2D eigenvalue weighted by molar-refractivity contribution is 6.07. The van der Waals surface area contributed by atoms with Crippen LogP contribution in [0.5, 0.6) is 0 Å². The van der Waals surface area contributed by atoms with Crippen molar-refractivity contribution in [1.82, 2.24) is 10.3 Å². The van der Waals surface area contributed by atoms with E-state index in [4.69, 9.17) is 0 Å². The third-order valence-corrected chi connectivity index (χ3v) is 4.80. The predicted molar refractivity (Wildman–Crippen MR) is 108 cm³/mol. The van der Waals surface area contributed by atoms with Crippen molar-refractivity contribution in [3.8, 4) is 0 Å². The number of para-hydroxylation sites is 1. The number of amides is 1.